The fraction of sp³-hybridized carbons (Fsp3) is 0.562. The lowest BCUT2D eigenvalue weighted by Crippen LogP contribution is -2.28. The SMILES string of the molecule is CCCCN1CC(C)CCc2cc(N)c(C#N)cc21. The zero-order chi connectivity index (χ0) is 13.8. The predicted molar refractivity (Wildman–Crippen MR) is 80.2 cm³/mol. The Morgan fingerprint density at radius 2 is 2.26 bits per heavy atom. The molecule has 0 fully saturated rings. The number of nitrogens with two attached hydrogens (primary N) is 1. The first kappa shape index (κ1) is 13.7. The maximum atomic E-state index is 9.16. The van der Waals surface area contributed by atoms with Crippen LogP contribution in [0.25, 0.3) is 0 Å². The van der Waals surface area contributed by atoms with Gasteiger partial charge in [0, 0.05) is 24.5 Å². The Labute approximate surface area is 116 Å². The first-order valence-corrected chi connectivity index (χ1v) is 7.23. The lowest BCUT2D eigenvalue weighted by atomic mass is 10.0. The first-order valence-electron chi connectivity index (χ1n) is 7.23. The molecule has 3 nitrogen and oxygen atoms in total. The Bertz CT molecular complexity index is 488. The molecule has 1 atom stereocenters. The normalized spacial score (nSPS) is 18.6. The Morgan fingerprint density at radius 3 is 2.95 bits per heavy atom. The van der Waals surface area contributed by atoms with Crippen LogP contribution in [-0.2, 0) is 6.42 Å². The minimum Gasteiger partial charge on any atom is -0.398 e. The average Bonchev–Trinajstić information content (AvgIpc) is 2.55. The molecule has 0 amide bonds. The Balaban J connectivity index is 2.39. The average molecular weight is 257 g/mol. The zero-order valence-corrected chi connectivity index (χ0v) is 11.9. The van der Waals surface area contributed by atoms with Gasteiger partial charge in [0.25, 0.3) is 0 Å². The number of nitriles is 1. The van der Waals surface area contributed by atoms with Crippen LogP contribution in [0.5, 0.6) is 0 Å². The van der Waals surface area contributed by atoms with Crippen molar-refractivity contribution in [3.8, 4) is 6.07 Å². The van der Waals surface area contributed by atoms with Gasteiger partial charge < -0.3 is 10.6 Å². The molecular weight excluding hydrogens is 234 g/mol. The van der Waals surface area contributed by atoms with E-state index in [0.717, 1.165) is 19.5 Å². The molecule has 0 aliphatic carbocycles. The van der Waals surface area contributed by atoms with Gasteiger partial charge in [-0.2, -0.15) is 5.26 Å². The van der Waals surface area contributed by atoms with Gasteiger partial charge in [0.05, 0.1) is 5.56 Å². The van der Waals surface area contributed by atoms with Crippen LogP contribution in [0.15, 0.2) is 12.1 Å². The van der Waals surface area contributed by atoms with Gasteiger partial charge >= 0.3 is 0 Å². The number of benzene rings is 1. The maximum Gasteiger partial charge on any atom is 0.101 e. The van der Waals surface area contributed by atoms with Crippen molar-refractivity contribution in [2.24, 2.45) is 5.92 Å². The number of nitrogen functional groups attached to an aromatic ring is 1. The van der Waals surface area contributed by atoms with Gasteiger partial charge in [-0.3, -0.25) is 0 Å². The lowest BCUT2D eigenvalue weighted by molar-refractivity contribution is 0.530. The van der Waals surface area contributed by atoms with E-state index in [1.54, 1.807) is 0 Å². The van der Waals surface area contributed by atoms with Gasteiger partial charge in [0.1, 0.15) is 6.07 Å². The summed E-state index contributed by atoms with van der Waals surface area (Å²) in [6.45, 7) is 6.68. The molecule has 2 N–H and O–H groups in total. The van der Waals surface area contributed by atoms with E-state index in [9.17, 15) is 0 Å². The predicted octanol–water partition coefficient (Wildman–Crippen LogP) is 3.33. The minimum atomic E-state index is 0.606. The zero-order valence-electron chi connectivity index (χ0n) is 11.9. The Morgan fingerprint density at radius 1 is 1.47 bits per heavy atom. The summed E-state index contributed by atoms with van der Waals surface area (Å²) in [5, 5.41) is 9.16. The number of unbranched alkanes of at least 4 members (excludes halogenated alkanes) is 1. The molecule has 0 bridgehead atoms. The molecule has 1 unspecified atom stereocenters. The summed E-state index contributed by atoms with van der Waals surface area (Å²) in [6.07, 6.45) is 4.65. The van der Waals surface area contributed by atoms with Gasteiger partial charge in [-0.15, -0.1) is 0 Å². The summed E-state index contributed by atoms with van der Waals surface area (Å²) < 4.78 is 0. The molecule has 102 valence electrons. The van der Waals surface area contributed by atoms with E-state index in [2.05, 4.69) is 24.8 Å². The van der Waals surface area contributed by atoms with Crippen molar-refractivity contribution in [2.45, 2.75) is 39.5 Å². The summed E-state index contributed by atoms with van der Waals surface area (Å²) in [5.74, 6) is 0.691. The van der Waals surface area contributed by atoms with Crippen LogP contribution >= 0.6 is 0 Å². The molecule has 0 spiro atoms. The fourth-order valence-electron chi connectivity index (χ4n) is 2.77. The van der Waals surface area contributed by atoms with E-state index in [-0.39, 0.29) is 0 Å². The van der Waals surface area contributed by atoms with E-state index in [4.69, 9.17) is 11.0 Å². The molecule has 1 aliphatic rings. The van der Waals surface area contributed by atoms with Gasteiger partial charge in [-0.25, -0.2) is 0 Å². The summed E-state index contributed by atoms with van der Waals surface area (Å²) >= 11 is 0. The second-order valence-corrected chi connectivity index (χ2v) is 5.62. The molecular formula is C16H23N3. The van der Waals surface area contributed by atoms with Crippen LogP contribution in [-0.4, -0.2) is 13.1 Å². The number of fused-ring (bicyclic) bond motifs is 1. The maximum absolute atomic E-state index is 9.16. The van der Waals surface area contributed by atoms with E-state index < -0.39 is 0 Å². The van der Waals surface area contributed by atoms with Gasteiger partial charge in [0.15, 0.2) is 0 Å². The summed E-state index contributed by atoms with van der Waals surface area (Å²) in [7, 11) is 0. The number of nitrogens with zero attached hydrogens (tertiary/aromatic N) is 2. The van der Waals surface area contributed by atoms with Crippen molar-refractivity contribution in [3.05, 3.63) is 23.3 Å². The van der Waals surface area contributed by atoms with Crippen LogP contribution in [0, 0.1) is 17.2 Å². The molecule has 0 aromatic heterocycles. The van der Waals surface area contributed by atoms with Gasteiger partial charge in [-0.1, -0.05) is 20.3 Å². The van der Waals surface area contributed by atoms with Crippen molar-refractivity contribution in [2.75, 3.05) is 23.7 Å². The van der Waals surface area contributed by atoms with Crippen LogP contribution in [0.3, 0.4) is 0 Å². The molecule has 1 heterocycles. The van der Waals surface area contributed by atoms with Crippen molar-refractivity contribution in [1.82, 2.24) is 0 Å². The van der Waals surface area contributed by atoms with E-state index in [1.807, 2.05) is 12.1 Å². The molecule has 3 heteroatoms. The highest BCUT2D eigenvalue weighted by molar-refractivity contribution is 5.67. The van der Waals surface area contributed by atoms with Crippen molar-refractivity contribution < 1.29 is 0 Å². The molecule has 1 aromatic rings. The molecule has 0 saturated carbocycles. The van der Waals surface area contributed by atoms with Crippen molar-refractivity contribution in [1.29, 1.82) is 5.26 Å². The third kappa shape index (κ3) is 3.01. The third-order valence-corrected chi connectivity index (χ3v) is 3.93. The molecule has 0 radical (unpaired) electrons. The highest BCUT2D eigenvalue weighted by atomic mass is 15.1. The van der Waals surface area contributed by atoms with Crippen LogP contribution in [0.2, 0.25) is 0 Å². The minimum absolute atomic E-state index is 0.606. The van der Waals surface area contributed by atoms with Crippen molar-refractivity contribution in [3.63, 3.8) is 0 Å². The topological polar surface area (TPSA) is 53.0 Å². The molecule has 1 aliphatic heterocycles. The molecule has 19 heavy (non-hydrogen) atoms. The molecule has 1 aromatic carbocycles. The van der Waals surface area contributed by atoms with Crippen LogP contribution in [0.4, 0.5) is 11.4 Å². The fourth-order valence-corrected chi connectivity index (χ4v) is 2.77. The summed E-state index contributed by atoms with van der Waals surface area (Å²) in [4.78, 5) is 2.44. The highest BCUT2D eigenvalue weighted by Gasteiger charge is 2.20. The number of hydrogen-bond donors (Lipinski definition) is 1. The smallest absolute Gasteiger partial charge is 0.101 e. The Kier molecular flexibility index (Phi) is 4.31. The Hall–Kier alpha value is -1.69. The standard InChI is InChI=1S/C16H23N3/c1-3-4-7-19-11-12(2)5-6-13-8-15(18)14(10-17)9-16(13)19/h8-9,12H,3-7,11,18H2,1-2H3. The highest BCUT2D eigenvalue weighted by Crippen LogP contribution is 2.32. The lowest BCUT2D eigenvalue weighted by Gasteiger charge is -2.27. The van der Waals surface area contributed by atoms with E-state index >= 15 is 0 Å². The van der Waals surface area contributed by atoms with Crippen LogP contribution in [0.1, 0.15) is 44.2 Å². The molecule has 2 rings (SSSR count). The van der Waals surface area contributed by atoms with Gasteiger partial charge in [0.2, 0.25) is 0 Å². The second kappa shape index (κ2) is 5.97. The van der Waals surface area contributed by atoms with Gasteiger partial charge in [-0.05, 0) is 42.9 Å². The molecule has 0 saturated heterocycles. The van der Waals surface area contributed by atoms with E-state index in [1.165, 1.54) is 30.5 Å². The number of rotatable bonds is 3. The summed E-state index contributed by atoms with van der Waals surface area (Å²) in [6, 6.07) is 6.19. The first-order chi connectivity index (χ1) is 9.15. The van der Waals surface area contributed by atoms with Crippen LogP contribution < -0.4 is 10.6 Å². The quantitative estimate of drug-likeness (QED) is 0.845. The number of aryl methyl sites for hydroxylation is 1. The third-order valence-electron chi connectivity index (χ3n) is 3.93. The monoisotopic (exact) mass is 257 g/mol. The van der Waals surface area contributed by atoms with E-state index in [0.29, 0.717) is 17.2 Å². The number of hydrogen-bond acceptors (Lipinski definition) is 3. The second-order valence-electron chi connectivity index (χ2n) is 5.62. The largest absolute Gasteiger partial charge is 0.398 e. The number of anilines is 2. The van der Waals surface area contributed by atoms with Crippen molar-refractivity contribution >= 4 is 11.4 Å². The summed E-state index contributed by atoms with van der Waals surface area (Å²) in [5.41, 5.74) is 9.70.